The van der Waals surface area contributed by atoms with E-state index in [1.165, 1.54) is 4.31 Å². The summed E-state index contributed by atoms with van der Waals surface area (Å²) in [7, 11) is -3.74. The van der Waals surface area contributed by atoms with Gasteiger partial charge in [0.2, 0.25) is 10.0 Å². The number of hydrogen-bond donors (Lipinski definition) is 0. The lowest BCUT2D eigenvalue weighted by Gasteiger charge is -2.32. The van der Waals surface area contributed by atoms with Crippen LogP contribution in [-0.2, 0) is 19.6 Å². The molecule has 2 aromatic rings. The molecule has 2 aliphatic heterocycles. The summed E-state index contributed by atoms with van der Waals surface area (Å²) in [5.41, 5.74) is 1.40. The van der Waals surface area contributed by atoms with Gasteiger partial charge in [-0.1, -0.05) is 52.3 Å². The fourth-order valence-electron chi connectivity index (χ4n) is 4.09. The fraction of sp³-hybridized carbons (Fsp3) is 0.286. The third-order valence-electron chi connectivity index (χ3n) is 5.56. The van der Waals surface area contributed by atoms with Crippen molar-refractivity contribution in [2.45, 2.75) is 36.3 Å². The summed E-state index contributed by atoms with van der Waals surface area (Å²) in [6.45, 7) is 6.38. The molecule has 0 spiro atoms. The normalized spacial score (nSPS) is 24.8. The van der Waals surface area contributed by atoms with Crippen molar-refractivity contribution in [2.75, 3.05) is 6.54 Å². The molecule has 146 valence electrons. The molecule has 28 heavy (non-hydrogen) atoms. The molecule has 2 aromatic carbocycles. The lowest BCUT2D eigenvalue weighted by molar-refractivity contribution is -0.144. The van der Waals surface area contributed by atoms with E-state index in [0.717, 1.165) is 15.6 Å². The lowest BCUT2D eigenvalue weighted by Crippen LogP contribution is -2.44. The Bertz CT molecular complexity index is 1060. The predicted octanol–water partition coefficient (Wildman–Crippen LogP) is 3.92. The second kappa shape index (κ2) is 6.83. The van der Waals surface area contributed by atoms with E-state index in [-0.39, 0.29) is 17.9 Å². The first-order valence-corrected chi connectivity index (χ1v) is 11.2. The molecule has 7 heteroatoms. The molecule has 5 nitrogen and oxygen atoms in total. The van der Waals surface area contributed by atoms with Gasteiger partial charge in [-0.3, -0.25) is 4.79 Å². The highest BCUT2D eigenvalue weighted by Crippen LogP contribution is 2.49. The number of benzene rings is 2. The molecule has 0 amide bonds. The second-order valence-corrected chi connectivity index (χ2v) is 10.1. The molecular formula is C21H20BrNO4S. The van der Waals surface area contributed by atoms with Gasteiger partial charge in [-0.05, 0) is 42.3 Å². The molecule has 0 radical (unpaired) electrons. The summed E-state index contributed by atoms with van der Waals surface area (Å²) in [6.07, 6.45) is 0.415. The van der Waals surface area contributed by atoms with Crippen LogP contribution in [0.4, 0.5) is 0 Å². The van der Waals surface area contributed by atoms with Gasteiger partial charge in [-0.25, -0.2) is 8.42 Å². The van der Waals surface area contributed by atoms with E-state index in [0.29, 0.717) is 12.0 Å². The van der Waals surface area contributed by atoms with E-state index in [1.54, 1.807) is 24.3 Å². The van der Waals surface area contributed by atoms with Crippen LogP contribution in [0.3, 0.4) is 0 Å². The Morgan fingerprint density at radius 2 is 1.96 bits per heavy atom. The minimum Gasteiger partial charge on any atom is -0.452 e. The molecule has 0 saturated carbocycles. The van der Waals surface area contributed by atoms with Gasteiger partial charge in [0.05, 0.1) is 17.4 Å². The molecule has 0 bridgehead atoms. The van der Waals surface area contributed by atoms with E-state index in [1.807, 2.05) is 31.2 Å². The van der Waals surface area contributed by atoms with Crippen molar-refractivity contribution < 1.29 is 17.9 Å². The molecular weight excluding hydrogens is 442 g/mol. The van der Waals surface area contributed by atoms with Crippen LogP contribution in [0.2, 0.25) is 0 Å². The van der Waals surface area contributed by atoms with Gasteiger partial charge in [0, 0.05) is 17.4 Å². The number of fused-ring (bicyclic) bond motifs is 1. The SMILES string of the molecule is C=C(c1cccc(Br)c1)[C@]12CCN(S(=O)(=O)c3ccc(C)cc3)[C@H]1CC(=O)O2. The fourth-order valence-corrected chi connectivity index (χ4v) is 6.15. The maximum atomic E-state index is 13.3. The Morgan fingerprint density at radius 1 is 1.25 bits per heavy atom. The second-order valence-electron chi connectivity index (χ2n) is 7.25. The molecule has 2 saturated heterocycles. The topological polar surface area (TPSA) is 63.7 Å². The third-order valence-corrected chi connectivity index (χ3v) is 7.97. The smallest absolute Gasteiger partial charge is 0.308 e. The van der Waals surface area contributed by atoms with Crippen molar-refractivity contribution in [3.63, 3.8) is 0 Å². The van der Waals surface area contributed by atoms with Crippen LogP contribution in [0.5, 0.6) is 0 Å². The molecule has 0 N–H and O–H groups in total. The maximum absolute atomic E-state index is 13.3. The summed E-state index contributed by atoms with van der Waals surface area (Å²) in [5, 5.41) is 0. The molecule has 2 aliphatic rings. The molecule has 0 aliphatic carbocycles. The van der Waals surface area contributed by atoms with Crippen LogP contribution in [0.25, 0.3) is 5.57 Å². The molecule has 0 aromatic heterocycles. The van der Waals surface area contributed by atoms with Crippen molar-refractivity contribution in [1.82, 2.24) is 4.31 Å². The zero-order chi connectivity index (χ0) is 20.1. The number of esters is 1. The number of carbonyl (C=O) groups excluding carboxylic acids is 1. The molecule has 2 fully saturated rings. The number of halogens is 1. The Labute approximate surface area is 173 Å². The standard InChI is InChI=1S/C21H20BrNO4S/c1-14-6-8-18(9-7-14)28(25,26)23-11-10-21(19(23)13-20(24)27-21)15(2)16-4-3-5-17(22)12-16/h3-9,12,19H,2,10-11,13H2,1H3/t19-,21+/m0/s1. The zero-order valence-electron chi connectivity index (χ0n) is 15.4. The highest BCUT2D eigenvalue weighted by atomic mass is 79.9. The quantitative estimate of drug-likeness (QED) is 0.647. The Kier molecular flexibility index (Phi) is 4.72. The predicted molar refractivity (Wildman–Crippen MR) is 110 cm³/mol. The summed E-state index contributed by atoms with van der Waals surface area (Å²) in [5.74, 6) is -0.398. The van der Waals surface area contributed by atoms with Crippen LogP contribution in [0, 0.1) is 6.92 Å². The van der Waals surface area contributed by atoms with E-state index >= 15 is 0 Å². The van der Waals surface area contributed by atoms with Crippen molar-refractivity contribution in [1.29, 1.82) is 0 Å². The minimum absolute atomic E-state index is 0.0259. The number of aryl methyl sites for hydroxylation is 1. The summed E-state index contributed by atoms with van der Waals surface area (Å²) < 4.78 is 34.6. The number of ether oxygens (including phenoxy) is 1. The average molecular weight is 462 g/mol. The Hall–Kier alpha value is -1.96. The first-order valence-electron chi connectivity index (χ1n) is 9.00. The average Bonchev–Trinajstić information content (AvgIpc) is 3.16. The van der Waals surface area contributed by atoms with Gasteiger partial charge in [0.1, 0.15) is 0 Å². The van der Waals surface area contributed by atoms with Crippen molar-refractivity contribution in [2.24, 2.45) is 0 Å². The largest absolute Gasteiger partial charge is 0.452 e. The van der Waals surface area contributed by atoms with Gasteiger partial charge < -0.3 is 4.74 Å². The number of carbonyl (C=O) groups is 1. The number of hydrogen-bond acceptors (Lipinski definition) is 4. The third kappa shape index (κ3) is 3.02. The van der Waals surface area contributed by atoms with Gasteiger partial charge in [-0.15, -0.1) is 0 Å². The monoisotopic (exact) mass is 461 g/mol. The van der Waals surface area contributed by atoms with Crippen LogP contribution in [-0.4, -0.2) is 36.9 Å². The zero-order valence-corrected chi connectivity index (χ0v) is 17.8. The van der Waals surface area contributed by atoms with E-state index in [9.17, 15) is 13.2 Å². The maximum Gasteiger partial charge on any atom is 0.308 e. The molecule has 4 rings (SSSR count). The van der Waals surface area contributed by atoms with E-state index in [2.05, 4.69) is 22.5 Å². The summed E-state index contributed by atoms with van der Waals surface area (Å²) in [6, 6.07) is 13.7. The van der Waals surface area contributed by atoms with Crippen LogP contribution < -0.4 is 0 Å². The number of rotatable bonds is 4. The van der Waals surface area contributed by atoms with Crippen LogP contribution >= 0.6 is 15.9 Å². The Morgan fingerprint density at radius 3 is 2.64 bits per heavy atom. The summed E-state index contributed by atoms with van der Waals surface area (Å²) in [4.78, 5) is 12.4. The highest BCUT2D eigenvalue weighted by Gasteiger charge is 2.60. The van der Waals surface area contributed by atoms with Gasteiger partial charge in [0.25, 0.3) is 0 Å². The highest BCUT2D eigenvalue weighted by molar-refractivity contribution is 9.10. The van der Waals surface area contributed by atoms with Crippen LogP contribution in [0.15, 0.2) is 64.5 Å². The molecule has 2 atom stereocenters. The van der Waals surface area contributed by atoms with Gasteiger partial charge in [0.15, 0.2) is 5.60 Å². The number of sulfonamides is 1. The van der Waals surface area contributed by atoms with Gasteiger partial charge >= 0.3 is 5.97 Å². The number of nitrogens with zero attached hydrogens (tertiary/aromatic N) is 1. The molecule has 2 heterocycles. The van der Waals surface area contributed by atoms with Crippen LogP contribution in [0.1, 0.15) is 24.0 Å². The first kappa shape index (κ1) is 19.4. The van der Waals surface area contributed by atoms with Crippen molar-refractivity contribution >= 4 is 37.5 Å². The minimum atomic E-state index is -3.74. The molecule has 0 unspecified atom stereocenters. The van der Waals surface area contributed by atoms with E-state index < -0.39 is 27.6 Å². The lowest BCUT2D eigenvalue weighted by atomic mass is 9.83. The van der Waals surface area contributed by atoms with Gasteiger partial charge in [-0.2, -0.15) is 4.31 Å². The van der Waals surface area contributed by atoms with Crippen molar-refractivity contribution in [3.05, 3.63) is 70.7 Å². The van der Waals surface area contributed by atoms with E-state index in [4.69, 9.17) is 4.74 Å². The summed E-state index contributed by atoms with van der Waals surface area (Å²) >= 11 is 3.45. The Balaban J connectivity index is 1.73. The van der Waals surface area contributed by atoms with Crippen molar-refractivity contribution in [3.8, 4) is 0 Å². The first-order chi connectivity index (χ1) is 13.2.